The molecule has 4 heteroatoms. The lowest BCUT2D eigenvalue weighted by Crippen LogP contribution is -2.00. The molecule has 0 spiro atoms. The van der Waals surface area contributed by atoms with Gasteiger partial charge in [-0.2, -0.15) is 5.26 Å². The Balaban J connectivity index is 3.44. The normalized spacial score (nSPS) is 9.50. The molecular weight excluding hydrogens is 202 g/mol. The molecule has 1 aromatic rings. The van der Waals surface area contributed by atoms with Crippen molar-refractivity contribution >= 4 is 17.6 Å². The lowest BCUT2D eigenvalue weighted by molar-refractivity contribution is 0.0697. The molecule has 0 aliphatic carbocycles. The van der Waals surface area contributed by atoms with Crippen LogP contribution in [0.3, 0.4) is 0 Å². The zero-order valence-corrected chi connectivity index (χ0v) is 8.30. The van der Waals surface area contributed by atoms with Gasteiger partial charge in [-0.1, -0.05) is 18.5 Å². The predicted octanol–water partition coefficient (Wildman–Crippen LogP) is 2.47. The van der Waals surface area contributed by atoms with E-state index in [1.54, 1.807) is 6.07 Å². The summed E-state index contributed by atoms with van der Waals surface area (Å²) in [5, 5.41) is 17.5. The molecule has 0 heterocycles. The van der Waals surface area contributed by atoms with Gasteiger partial charge in [-0.15, -0.1) is 0 Å². The lowest BCUT2D eigenvalue weighted by Gasteiger charge is -2.04. The van der Waals surface area contributed by atoms with Crippen LogP contribution in [0.2, 0.25) is 5.02 Å². The van der Waals surface area contributed by atoms with E-state index < -0.39 is 5.97 Å². The summed E-state index contributed by atoms with van der Waals surface area (Å²) < 4.78 is 0. The molecule has 3 nitrogen and oxygen atoms in total. The lowest BCUT2D eigenvalue weighted by atomic mass is 10.0. The van der Waals surface area contributed by atoms with Gasteiger partial charge in [-0.25, -0.2) is 4.79 Å². The van der Waals surface area contributed by atoms with Crippen molar-refractivity contribution in [1.29, 1.82) is 5.26 Å². The van der Waals surface area contributed by atoms with Gasteiger partial charge >= 0.3 is 5.97 Å². The van der Waals surface area contributed by atoms with E-state index in [0.29, 0.717) is 6.42 Å². The number of carboxylic acid groups (broad SMARTS) is 1. The number of nitriles is 1. The first-order valence-electron chi connectivity index (χ1n) is 4.06. The van der Waals surface area contributed by atoms with E-state index in [-0.39, 0.29) is 16.1 Å². The SMILES string of the molecule is CCc1cc(C#N)c(Cl)c(C(=O)O)c1. The number of rotatable bonds is 2. The number of carbonyl (C=O) groups is 1. The van der Waals surface area contributed by atoms with Crippen LogP contribution in [0.25, 0.3) is 0 Å². The molecular formula is C10H8ClNO2. The van der Waals surface area contributed by atoms with E-state index in [4.69, 9.17) is 22.0 Å². The number of aromatic carboxylic acids is 1. The molecule has 72 valence electrons. The molecule has 0 saturated heterocycles. The summed E-state index contributed by atoms with van der Waals surface area (Å²) in [6.45, 7) is 1.88. The van der Waals surface area contributed by atoms with Crippen molar-refractivity contribution in [3.05, 3.63) is 33.8 Å². The first-order chi connectivity index (χ1) is 6.60. The number of nitrogens with zero attached hydrogens (tertiary/aromatic N) is 1. The van der Waals surface area contributed by atoms with Crippen molar-refractivity contribution in [3.63, 3.8) is 0 Å². The highest BCUT2D eigenvalue weighted by Crippen LogP contribution is 2.23. The van der Waals surface area contributed by atoms with Crippen LogP contribution in [0.1, 0.15) is 28.4 Å². The largest absolute Gasteiger partial charge is 0.478 e. The fourth-order valence-corrected chi connectivity index (χ4v) is 1.36. The van der Waals surface area contributed by atoms with E-state index >= 15 is 0 Å². The minimum absolute atomic E-state index is 0.0113. The van der Waals surface area contributed by atoms with Crippen LogP contribution in [0, 0.1) is 11.3 Å². The number of hydrogen-bond acceptors (Lipinski definition) is 2. The van der Waals surface area contributed by atoms with Crippen LogP contribution in [0.4, 0.5) is 0 Å². The standard InChI is InChI=1S/C10H8ClNO2/c1-2-6-3-7(5-12)9(11)8(4-6)10(13)14/h3-4H,2H2,1H3,(H,13,14). The minimum atomic E-state index is -1.11. The Morgan fingerprint density at radius 1 is 1.64 bits per heavy atom. The van der Waals surface area contributed by atoms with Crippen molar-refractivity contribution < 1.29 is 9.90 Å². The van der Waals surface area contributed by atoms with E-state index in [2.05, 4.69) is 0 Å². The van der Waals surface area contributed by atoms with Gasteiger partial charge in [0.25, 0.3) is 0 Å². The Kier molecular flexibility index (Phi) is 3.10. The van der Waals surface area contributed by atoms with Gasteiger partial charge in [0.2, 0.25) is 0 Å². The van der Waals surface area contributed by atoms with E-state index in [9.17, 15) is 4.79 Å². The summed E-state index contributed by atoms with van der Waals surface area (Å²) in [5.41, 5.74) is 0.995. The smallest absolute Gasteiger partial charge is 0.337 e. The maximum Gasteiger partial charge on any atom is 0.337 e. The molecule has 1 N–H and O–H groups in total. The van der Waals surface area contributed by atoms with E-state index in [1.165, 1.54) is 6.07 Å². The third-order valence-corrected chi connectivity index (χ3v) is 2.30. The fraction of sp³-hybridized carbons (Fsp3) is 0.200. The second kappa shape index (κ2) is 4.12. The summed E-state index contributed by atoms with van der Waals surface area (Å²) in [6, 6.07) is 4.97. The third kappa shape index (κ3) is 1.86. The number of carboxylic acids is 1. The van der Waals surface area contributed by atoms with Crippen LogP contribution < -0.4 is 0 Å². The Hall–Kier alpha value is -1.53. The molecule has 0 bridgehead atoms. The van der Waals surface area contributed by atoms with E-state index in [0.717, 1.165) is 5.56 Å². The number of aryl methyl sites for hydroxylation is 1. The fourth-order valence-electron chi connectivity index (χ4n) is 1.13. The van der Waals surface area contributed by atoms with Crippen LogP contribution in [0.15, 0.2) is 12.1 Å². The van der Waals surface area contributed by atoms with Gasteiger partial charge in [0.05, 0.1) is 16.1 Å². The van der Waals surface area contributed by atoms with Gasteiger partial charge in [-0.3, -0.25) is 0 Å². The highest BCUT2D eigenvalue weighted by Gasteiger charge is 2.13. The summed E-state index contributed by atoms with van der Waals surface area (Å²) in [6.07, 6.45) is 0.673. The number of hydrogen-bond donors (Lipinski definition) is 1. The van der Waals surface area contributed by atoms with Crippen LogP contribution in [0.5, 0.6) is 0 Å². The minimum Gasteiger partial charge on any atom is -0.478 e. The molecule has 0 amide bonds. The summed E-state index contributed by atoms with van der Waals surface area (Å²) in [5.74, 6) is -1.11. The van der Waals surface area contributed by atoms with Crippen molar-refractivity contribution in [3.8, 4) is 6.07 Å². The second-order valence-corrected chi connectivity index (χ2v) is 3.15. The van der Waals surface area contributed by atoms with E-state index in [1.807, 2.05) is 13.0 Å². The molecule has 14 heavy (non-hydrogen) atoms. The van der Waals surface area contributed by atoms with Crippen molar-refractivity contribution in [2.75, 3.05) is 0 Å². The Labute approximate surface area is 86.5 Å². The molecule has 0 unspecified atom stereocenters. The van der Waals surface area contributed by atoms with Gasteiger partial charge < -0.3 is 5.11 Å². The average molecular weight is 210 g/mol. The monoisotopic (exact) mass is 209 g/mol. The summed E-state index contributed by atoms with van der Waals surface area (Å²) in [4.78, 5) is 10.8. The number of benzene rings is 1. The Bertz CT molecular complexity index is 421. The Morgan fingerprint density at radius 2 is 2.29 bits per heavy atom. The maximum atomic E-state index is 10.8. The number of halogens is 1. The molecule has 0 atom stereocenters. The van der Waals surface area contributed by atoms with Crippen LogP contribution in [-0.2, 0) is 6.42 Å². The summed E-state index contributed by atoms with van der Waals surface area (Å²) in [7, 11) is 0. The third-order valence-electron chi connectivity index (χ3n) is 1.89. The zero-order valence-electron chi connectivity index (χ0n) is 7.54. The first-order valence-corrected chi connectivity index (χ1v) is 4.43. The topological polar surface area (TPSA) is 61.1 Å². The van der Waals surface area contributed by atoms with Crippen molar-refractivity contribution in [1.82, 2.24) is 0 Å². The van der Waals surface area contributed by atoms with Gasteiger partial charge in [0.1, 0.15) is 6.07 Å². The highest BCUT2D eigenvalue weighted by atomic mass is 35.5. The van der Waals surface area contributed by atoms with Crippen molar-refractivity contribution in [2.24, 2.45) is 0 Å². The molecule has 0 radical (unpaired) electrons. The molecule has 0 aliphatic rings. The summed E-state index contributed by atoms with van der Waals surface area (Å²) >= 11 is 5.73. The van der Waals surface area contributed by atoms with Gasteiger partial charge in [-0.05, 0) is 24.1 Å². The molecule has 1 aromatic carbocycles. The van der Waals surface area contributed by atoms with Gasteiger partial charge in [0.15, 0.2) is 0 Å². The highest BCUT2D eigenvalue weighted by molar-refractivity contribution is 6.34. The quantitative estimate of drug-likeness (QED) is 0.814. The molecule has 1 rings (SSSR count). The molecule has 0 aromatic heterocycles. The maximum absolute atomic E-state index is 10.8. The first kappa shape index (κ1) is 10.6. The zero-order chi connectivity index (χ0) is 10.7. The van der Waals surface area contributed by atoms with Crippen LogP contribution in [-0.4, -0.2) is 11.1 Å². The van der Waals surface area contributed by atoms with Gasteiger partial charge in [0, 0.05) is 0 Å². The average Bonchev–Trinajstić information content (AvgIpc) is 2.17. The predicted molar refractivity (Wildman–Crippen MR) is 52.5 cm³/mol. The van der Waals surface area contributed by atoms with Crippen LogP contribution >= 0.6 is 11.6 Å². The molecule has 0 aliphatic heterocycles. The molecule has 0 saturated carbocycles. The van der Waals surface area contributed by atoms with Crippen molar-refractivity contribution in [2.45, 2.75) is 13.3 Å². The molecule has 0 fully saturated rings. The Morgan fingerprint density at radius 3 is 2.71 bits per heavy atom. The second-order valence-electron chi connectivity index (χ2n) is 2.78.